The van der Waals surface area contributed by atoms with Crippen LogP contribution in [0.2, 0.25) is 0 Å². The number of carbonyl (C=O) groups excluding carboxylic acids is 2. The second-order valence-electron chi connectivity index (χ2n) is 7.48. The van der Waals surface area contributed by atoms with Crippen LogP contribution in [-0.2, 0) is 39.0 Å². The minimum Gasteiger partial charge on any atom is -0.458 e. The van der Waals surface area contributed by atoms with Gasteiger partial charge < -0.3 is 9.47 Å². The lowest BCUT2D eigenvalue weighted by molar-refractivity contribution is -0.167. The zero-order chi connectivity index (χ0) is 19.6. The largest absolute Gasteiger partial charge is 0.458 e. The smallest absolute Gasteiger partial charge is 0.312 e. The van der Waals surface area contributed by atoms with Crippen LogP contribution in [0.1, 0.15) is 26.3 Å². The summed E-state index contributed by atoms with van der Waals surface area (Å²) in [6.45, 7) is 4.77. The van der Waals surface area contributed by atoms with Gasteiger partial charge in [0.25, 0.3) is 10.1 Å². The number of thioether (sulfide) groups is 1. The Morgan fingerprint density at radius 2 is 1.81 bits per heavy atom. The van der Waals surface area contributed by atoms with Crippen molar-refractivity contribution in [3.05, 3.63) is 35.9 Å². The van der Waals surface area contributed by atoms with Crippen molar-refractivity contribution >= 4 is 33.8 Å². The Kier molecular flexibility index (Phi) is 4.32. The number of esters is 2. The average Bonchev–Trinajstić information content (AvgIpc) is 3.17. The predicted octanol–water partition coefficient (Wildman–Crippen LogP) is 1.61. The summed E-state index contributed by atoms with van der Waals surface area (Å²) >= 11 is 1.34. The molecule has 0 aromatic heterocycles. The molecule has 1 aromatic rings. The van der Waals surface area contributed by atoms with Crippen LogP contribution in [0.4, 0.5) is 0 Å². The van der Waals surface area contributed by atoms with Gasteiger partial charge in [0.15, 0.2) is 0 Å². The molecule has 1 aromatic carbocycles. The van der Waals surface area contributed by atoms with Crippen LogP contribution in [-0.4, -0.2) is 48.3 Å². The van der Waals surface area contributed by atoms with E-state index in [-0.39, 0.29) is 0 Å². The van der Waals surface area contributed by atoms with E-state index in [4.69, 9.17) is 13.7 Å². The van der Waals surface area contributed by atoms with Gasteiger partial charge in [-0.3, -0.25) is 13.8 Å². The average molecular weight is 412 g/mol. The Labute approximate surface area is 161 Å². The molecule has 0 amide bonds. The first-order valence-electron chi connectivity index (χ1n) is 8.65. The van der Waals surface area contributed by atoms with Crippen molar-refractivity contribution in [2.45, 2.75) is 54.3 Å². The van der Waals surface area contributed by atoms with Crippen LogP contribution in [0.25, 0.3) is 0 Å². The van der Waals surface area contributed by atoms with Crippen LogP contribution < -0.4 is 0 Å². The van der Waals surface area contributed by atoms with Crippen LogP contribution >= 0.6 is 11.8 Å². The lowest BCUT2D eigenvalue weighted by Crippen LogP contribution is -2.50. The van der Waals surface area contributed by atoms with Gasteiger partial charge in [0.05, 0.1) is 16.4 Å². The van der Waals surface area contributed by atoms with Crippen molar-refractivity contribution in [3.8, 4) is 0 Å². The predicted molar refractivity (Wildman–Crippen MR) is 97.4 cm³/mol. The van der Waals surface area contributed by atoms with E-state index in [0.717, 1.165) is 5.56 Å². The maximum atomic E-state index is 13.0. The second-order valence-corrected chi connectivity index (χ2v) is 10.6. The van der Waals surface area contributed by atoms with Crippen molar-refractivity contribution in [3.63, 3.8) is 0 Å². The summed E-state index contributed by atoms with van der Waals surface area (Å²) in [7, 11) is -3.93. The zero-order valence-corrected chi connectivity index (χ0v) is 16.7. The summed E-state index contributed by atoms with van der Waals surface area (Å²) in [5.74, 6) is -2.08. The summed E-state index contributed by atoms with van der Waals surface area (Å²) in [5, 5.41) is -1.89. The first-order chi connectivity index (χ1) is 12.6. The highest BCUT2D eigenvalue weighted by Crippen LogP contribution is 2.59. The molecule has 27 heavy (non-hydrogen) atoms. The van der Waals surface area contributed by atoms with E-state index in [2.05, 4.69) is 0 Å². The molecule has 6 unspecified atom stereocenters. The summed E-state index contributed by atoms with van der Waals surface area (Å²) in [4.78, 5) is 24.5. The summed E-state index contributed by atoms with van der Waals surface area (Å²) in [6.07, 6.45) is -1.51. The number of hydrogen-bond donors (Lipinski definition) is 0. The Hall–Kier alpha value is -1.58. The van der Waals surface area contributed by atoms with E-state index in [1.165, 1.54) is 18.7 Å². The Morgan fingerprint density at radius 1 is 1.15 bits per heavy atom. The van der Waals surface area contributed by atoms with E-state index in [1.807, 2.05) is 30.3 Å². The van der Waals surface area contributed by atoms with E-state index in [1.54, 1.807) is 13.8 Å². The van der Waals surface area contributed by atoms with Gasteiger partial charge in [0.1, 0.15) is 23.1 Å². The minimum absolute atomic E-state index is 0.429. The van der Waals surface area contributed by atoms with Crippen LogP contribution in [0.15, 0.2) is 30.3 Å². The third-order valence-electron chi connectivity index (χ3n) is 5.29. The van der Waals surface area contributed by atoms with E-state index in [0.29, 0.717) is 0 Å². The van der Waals surface area contributed by atoms with E-state index < -0.39 is 61.5 Å². The molecule has 0 aliphatic carbocycles. The molecule has 0 N–H and O–H groups in total. The number of ether oxygens (including phenoxy) is 2. The van der Waals surface area contributed by atoms with E-state index in [9.17, 15) is 18.0 Å². The van der Waals surface area contributed by atoms with Gasteiger partial charge in [-0.05, 0) is 19.4 Å². The van der Waals surface area contributed by atoms with Crippen molar-refractivity contribution in [1.29, 1.82) is 0 Å². The number of fused-ring (bicyclic) bond motifs is 1. The third kappa shape index (κ3) is 2.96. The molecule has 0 saturated carbocycles. The Bertz CT molecular complexity index is 880. The van der Waals surface area contributed by atoms with Crippen LogP contribution in [0.5, 0.6) is 0 Å². The number of rotatable bonds is 4. The van der Waals surface area contributed by atoms with E-state index >= 15 is 0 Å². The maximum Gasteiger partial charge on any atom is 0.312 e. The Balaban J connectivity index is 1.63. The highest BCUT2D eigenvalue weighted by molar-refractivity contribution is 8.03. The fraction of sp³-hybridized carbons (Fsp3) is 0.556. The normalized spacial score (nSPS) is 35.8. The van der Waals surface area contributed by atoms with Gasteiger partial charge in [-0.15, -0.1) is 11.8 Å². The molecule has 3 aliphatic rings. The molecule has 6 atom stereocenters. The molecule has 9 heteroatoms. The summed E-state index contributed by atoms with van der Waals surface area (Å²) in [6, 6.07) is 9.23. The molecule has 3 aliphatic heterocycles. The van der Waals surface area contributed by atoms with Crippen LogP contribution in [0.3, 0.4) is 0 Å². The Morgan fingerprint density at radius 3 is 2.44 bits per heavy atom. The SMILES string of the molecule is CC(=O)OC1C2OS(=O)(=O)C3C2SC1C3C(=O)OC(C)(C)c1ccccc1. The van der Waals surface area contributed by atoms with Crippen molar-refractivity contribution in [2.24, 2.45) is 5.92 Å². The lowest BCUT2D eigenvalue weighted by Gasteiger charge is -2.32. The quantitative estimate of drug-likeness (QED) is 0.544. The highest BCUT2D eigenvalue weighted by Gasteiger charge is 2.73. The molecule has 7 nitrogen and oxygen atoms in total. The van der Waals surface area contributed by atoms with Crippen molar-refractivity contribution in [1.82, 2.24) is 0 Å². The topological polar surface area (TPSA) is 96.0 Å². The summed E-state index contributed by atoms with van der Waals surface area (Å²) < 4.78 is 41.2. The van der Waals surface area contributed by atoms with Crippen molar-refractivity contribution < 1.29 is 31.7 Å². The standard InChI is InChI=1S/C18H20O7S2/c1-9(19)23-12-13-15-16(27(21,22)25-13)11(14(12)26-15)17(20)24-18(2,3)10-7-5-4-6-8-10/h4-8,11-16H,1-3H3. The minimum atomic E-state index is -3.93. The molecule has 2 bridgehead atoms. The van der Waals surface area contributed by atoms with Crippen LogP contribution in [0, 0.1) is 5.92 Å². The zero-order valence-electron chi connectivity index (χ0n) is 15.0. The first kappa shape index (κ1) is 18.8. The molecule has 0 radical (unpaired) electrons. The molecule has 3 heterocycles. The summed E-state index contributed by atoms with van der Waals surface area (Å²) in [5.41, 5.74) is -0.126. The highest BCUT2D eigenvalue weighted by atomic mass is 32.2. The monoisotopic (exact) mass is 412 g/mol. The van der Waals surface area contributed by atoms with Gasteiger partial charge in [0, 0.05) is 6.92 Å². The molecule has 0 spiro atoms. The molecule has 146 valence electrons. The fourth-order valence-corrected chi connectivity index (χ4v) is 8.57. The molecule has 3 saturated heterocycles. The molecular weight excluding hydrogens is 392 g/mol. The molecule has 4 rings (SSSR count). The molecular formula is C18H20O7S2. The number of carbonyl (C=O) groups is 2. The van der Waals surface area contributed by atoms with Gasteiger partial charge >= 0.3 is 11.9 Å². The second kappa shape index (κ2) is 6.22. The first-order valence-corrected chi connectivity index (χ1v) is 11.1. The van der Waals surface area contributed by atoms with Gasteiger partial charge in [-0.25, -0.2) is 0 Å². The van der Waals surface area contributed by atoms with Gasteiger partial charge in [-0.1, -0.05) is 30.3 Å². The molecule has 3 fully saturated rings. The van der Waals surface area contributed by atoms with Gasteiger partial charge in [0.2, 0.25) is 0 Å². The van der Waals surface area contributed by atoms with Gasteiger partial charge in [-0.2, -0.15) is 8.42 Å². The van der Waals surface area contributed by atoms with Crippen molar-refractivity contribution in [2.75, 3.05) is 0 Å². The third-order valence-corrected chi connectivity index (χ3v) is 8.96. The fourth-order valence-electron chi connectivity index (χ4n) is 4.14. The maximum absolute atomic E-state index is 13.0. The number of benzene rings is 1. The lowest BCUT2D eigenvalue weighted by atomic mass is 9.84. The number of hydrogen-bond acceptors (Lipinski definition) is 8.